The molecule has 2 unspecified atom stereocenters. The van der Waals surface area contributed by atoms with Crippen molar-refractivity contribution in [2.24, 2.45) is 0 Å². The quantitative estimate of drug-likeness (QED) is 0.110. The molecule has 2 aliphatic heterocycles. The first-order chi connectivity index (χ1) is 24.1. The molecule has 0 aromatic heterocycles. The summed E-state index contributed by atoms with van der Waals surface area (Å²) >= 11 is 0. The van der Waals surface area contributed by atoms with Crippen molar-refractivity contribution in [1.82, 2.24) is 4.90 Å². The van der Waals surface area contributed by atoms with E-state index in [9.17, 15) is 0 Å². The second kappa shape index (κ2) is 11.9. The van der Waals surface area contributed by atoms with Gasteiger partial charge in [0, 0.05) is 19.1 Å². The number of morpholine rings is 1. The van der Waals surface area contributed by atoms with Crippen LogP contribution in [0.2, 0.25) is 0 Å². The minimum Gasteiger partial charge on any atom is -0.497 e. The maximum absolute atomic E-state index is 7.35. The largest absolute Gasteiger partial charge is 0.497 e. The molecule has 7 aromatic rings. The van der Waals surface area contributed by atoms with Crippen LogP contribution in [-0.2, 0) is 21.6 Å². The number of methoxy groups -OCH3 is 2. The van der Waals surface area contributed by atoms with Crippen molar-refractivity contribution in [3.63, 3.8) is 0 Å². The van der Waals surface area contributed by atoms with Gasteiger partial charge >= 0.3 is 0 Å². The molecule has 2 aliphatic rings. The van der Waals surface area contributed by atoms with Gasteiger partial charge in [-0.05, 0) is 85.3 Å². The van der Waals surface area contributed by atoms with Gasteiger partial charge in [-0.3, -0.25) is 4.90 Å². The van der Waals surface area contributed by atoms with E-state index in [1.165, 1.54) is 37.9 Å². The molecule has 5 nitrogen and oxygen atoms in total. The van der Waals surface area contributed by atoms with Crippen LogP contribution in [0.15, 0.2) is 133 Å². The lowest BCUT2D eigenvalue weighted by molar-refractivity contribution is -0.120. The van der Waals surface area contributed by atoms with Gasteiger partial charge in [0.2, 0.25) is 0 Å². The summed E-state index contributed by atoms with van der Waals surface area (Å²) in [4.78, 5) is 2.62. The lowest BCUT2D eigenvalue weighted by Gasteiger charge is -2.40. The van der Waals surface area contributed by atoms with Crippen LogP contribution >= 0.6 is 0 Å². The molecule has 0 aliphatic carbocycles. The van der Waals surface area contributed by atoms with Gasteiger partial charge in [-0.1, -0.05) is 109 Å². The lowest BCUT2D eigenvalue weighted by atomic mass is 9.79. The third-order valence-electron chi connectivity index (χ3n) is 10.9. The highest BCUT2D eigenvalue weighted by molar-refractivity contribution is 6.23. The summed E-state index contributed by atoms with van der Waals surface area (Å²) in [6.45, 7) is 2.85. The molecule has 2 bridgehead atoms. The summed E-state index contributed by atoms with van der Waals surface area (Å²) in [5.41, 5.74) is 3.19. The van der Waals surface area contributed by atoms with Gasteiger partial charge in [0.05, 0.1) is 27.4 Å². The molecule has 0 N–H and O–H groups in total. The Bertz CT molecular complexity index is 2190. The number of fused-ring (bicyclic) bond motifs is 2. The highest BCUT2D eigenvalue weighted by atomic mass is 16.6. The first kappa shape index (κ1) is 30.1. The van der Waals surface area contributed by atoms with Crippen molar-refractivity contribution < 1.29 is 18.9 Å². The van der Waals surface area contributed by atoms with Crippen molar-refractivity contribution in [2.75, 3.05) is 34.0 Å². The topological polar surface area (TPSA) is 40.2 Å². The van der Waals surface area contributed by atoms with E-state index >= 15 is 0 Å². The van der Waals surface area contributed by atoms with Gasteiger partial charge in [0.15, 0.2) is 0 Å². The normalized spacial score (nSPS) is 19.3. The fourth-order valence-electron chi connectivity index (χ4n) is 8.46. The summed E-state index contributed by atoms with van der Waals surface area (Å²) in [7, 11) is 3.39. The summed E-state index contributed by atoms with van der Waals surface area (Å²) in [5, 5.41) is 7.98. The first-order valence-electron chi connectivity index (χ1n) is 17.1. The average Bonchev–Trinajstić information content (AvgIpc) is 3.74. The van der Waals surface area contributed by atoms with Gasteiger partial charge in [-0.2, -0.15) is 0 Å². The number of nitrogens with zero attached hydrogens (tertiary/aromatic N) is 1. The summed E-state index contributed by atoms with van der Waals surface area (Å²) in [5.74, 6) is 1.61. The molecule has 2 saturated heterocycles. The molecule has 9 rings (SSSR count). The standard InChI is InChI=1S/C44H39NO4/c1-46-38-20-16-35(17-21-38)44(34-9-4-3-5-10-34,36-18-22-39(47-2)23-19-36)49-29-43-25-37(27-48-43)45(28-43)26-33-14-13-32-12-11-30-7-6-8-31-15-24-40(33)42(32)41(30)31/h3-24,37H,25-29H2,1-2H3. The van der Waals surface area contributed by atoms with Crippen LogP contribution < -0.4 is 9.47 Å². The van der Waals surface area contributed by atoms with E-state index in [0.717, 1.165) is 47.7 Å². The van der Waals surface area contributed by atoms with Gasteiger partial charge < -0.3 is 18.9 Å². The SMILES string of the molecule is COc1ccc(C(OCC23CC(CO2)N(Cc2ccc4ccc5cccc6ccc2c4c56)C3)(c2ccccc2)c2ccc(OC)cc2)cc1. The molecule has 2 heterocycles. The van der Waals surface area contributed by atoms with Gasteiger partial charge in [-0.25, -0.2) is 0 Å². The molecule has 244 valence electrons. The number of rotatable bonds is 10. The second-order valence-electron chi connectivity index (χ2n) is 13.6. The third-order valence-corrected chi connectivity index (χ3v) is 10.9. The molecule has 7 aromatic carbocycles. The van der Waals surface area contributed by atoms with Crippen molar-refractivity contribution in [3.8, 4) is 11.5 Å². The Balaban J connectivity index is 1.06. The van der Waals surface area contributed by atoms with Gasteiger partial charge in [0.1, 0.15) is 22.7 Å². The third kappa shape index (κ3) is 4.95. The van der Waals surface area contributed by atoms with Crippen LogP contribution in [0.4, 0.5) is 0 Å². The molecular weight excluding hydrogens is 606 g/mol. The Hall–Kier alpha value is -4.94. The zero-order valence-electron chi connectivity index (χ0n) is 27.9. The fraction of sp³-hybridized carbons (Fsp3) is 0.227. The van der Waals surface area contributed by atoms with E-state index < -0.39 is 11.2 Å². The van der Waals surface area contributed by atoms with Crippen LogP contribution in [0.25, 0.3) is 32.3 Å². The predicted octanol–water partition coefficient (Wildman–Crippen LogP) is 8.95. The van der Waals surface area contributed by atoms with Crippen molar-refractivity contribution in [3.05, 3.63) is 156 Å². The second-order valence-corrected chi connectivity index (χ2v) is 13.6. The molecule has 0 amide bonds. The highest BCUT2D eigenvalue weighted by Gasteiger charge is 2.53. The molecule has 0 spiro atoms. The van der Waals surface area contributed by atoms with Gasteiger partial charge in [-0.15, -0.1) is 0 Å². The Morgan fingerprint density at radius 1 is 0.653 bits per heavy atom. The molecule has 49 heavy (non-hydrogen) atoms. The van der Waals surface area contributed by atoms with E-state index in [-0.39, 0.29) is 0 Å². The molecule has 0 radical (unpaired) electrons. The molecular formula is C44H39NO4. The molecule has 0 saturated carbocycles. The summed E-state index contributed by atoms with van der Waals surface area (Å²) in [6.07, 6.45) is 0.939. The van der Waals surface area contributed by atoms with Crippen LogP contribution in [0.3, 0.4) is 0 Å². The monoisotopic (exact) mass is 645 g/mol. The fourth-order valence-corrected chi connectivity index (χ4v) is 8.46. The number of hydrogen-bond donors (Lipinski definition) is 0. The van der Waals surface area contributed by atoms with Gasteiger partial charge in [0.25, 0.3) is 0 Å². The number of ether oxygens (including phenoxy) is 4. The lowest BCUT2D eigenvalue weighted by Crippen LogP contribution is -2.47. The van der Waals surface area contributed by atoms with Crippen molar-refractivity contribution in [2.45, 2.75) is 30.2 Å². The molecule has 5 heteroatoms. The van der Waals surface area contributed by atoms with E-state index in [0.29, 0.717) is 19.3 Å². The first-order valence-corrected chi connectivity index (χ1v) is 17.1. The summed E-state index contributed by atoms with van der Waals surface area (Å²) in [6, 6.07) is 47.7. The van der Waals surface area contributed by atoms with E-state index in [1.54, 1.807) is 14.2 Å². The van der Waals surface area contributed by atoms with E-state index in [4.69, 9.17) is 18.9 Å². The zero-order chi connectivity index (χ0) is 33.0. The summed E-state index contributed by atoms with van der Waals surface area (Å²) < 4.78 is 25.1. The highest BCUT2D eigenvalue weighted by Crippen LogP contribution is 2.46. The maximum atomic E-state index is 7.35. The van der Waals surface area contributed by atoms with E-state index in [2.05, 4.69) is 108 Å². The van der Waals surface area contributed by atoms with Crippen LogP contribution in [0.1, 0.15) is 28.7 Å². The van der Waals surface area contributed by atoms with Crippen LogP contribution in [-0.4, -0.2) is 50.5 Å². The van der Waals surface area contributed by atoms with Crippen molar-refractivity contribution in [1.29, 1.82) is 0 Å². The number of benzene rings is 7. The minimum absolute atomic E-state index is 0.343. The Kier molecular flexibility index (Phi) is 7.31. The predicted molar refractivity (Wildman–Crippen MR) is 196 cm³/mol. The van der Waals surface area contributed by atoms with Crippen LogP contribution in [0.5, 0.6) is 11.5 Å². The van der Waals surface area contributed by atoms with E-state index in [1.807, 2.05) is 30.3 Å². The van der Waals surface area contributed by atoms with Crippen LogP contribution in [0, 0.1) is 0 Å². The smallest absolute Gasteiger partial charge is 0.143 e. The molecule has 2 fully saturated rings. The molecule has 2 atom stereocenters. The number of hydrogen-bond acceptors (Lipinski definition) is 5. The number of likely N-dealkylation sites (tertiary alicyclic amines) is 1. The Morgan fingerprint density at radius 3 is 1.90 bits per heavy atom. The Morgan fingerprint density at radius 2 is 1.24 bits per heavy atom. The zero-order valence-corrected chi connectivity index (χ0v) is 27.9. The maximum Gasteiger partial charge on any atom is 0.143 e. The minimum atomic E-state index is -0.879. The Labute approximate surface area is 286 Å². The average molecular weight is 646 g/mol. The van der Waals surface area contributed by atoms with Crippen molar-refractivity contribution >= 4 is 32.3 Å².